The average molecular weight is 495 g/mol. The minimum Gasteiger partial charge on any atom is -0.439 e. The highest BCUT2D eigenvalue weighted by atomic mass is 19.1. The smallest absolute Gasteiger partial charge is 0.222 e. The molecule has 1 saturated carbocycles. The predicted octanol–water partition coefficient (Wildman–Crippen LogP) is 3.92. The summed E-state index contributed by atoms with van der Waals surface area (Å²) in [4.78, 5) is 4.61. The number of aromatic nitrogens is 2. The van der Waals surface area contributed by atoms with Crippen LogP contribution in [0, 0.1) is 11.7 Å². The molecule has 5 rings (SSSR count). The maximum atomic E-state index is 13.5. The second-order valence-corrected chi connectivity index (χ2v) is 9.88. The number of ether oxygens (including phenoxy) is 2. The molecule has 0 radical (unpaired) electrons. The zero-order valence-electron chi connectivity index (χ0n) is 20.9. The number of nitrogens with zero attached hydrogens (tertiary/aromatic N) is 4. The first kappa shape index (κ1) is 24.9. The Morgan fingerprint density at radius 2 is 1.83 bits per heavy atom. The van der Waals surface area contributed by atoms with Gasteiger partial charge in [-0.15, -0.1) is 0 Å². The van der Waals surface area contributed by atoms with Crippen LogP contribution >= 0.6 is 0 Å². The molecule has 192 valence electrons. The SMILES string of the molecule is Cn1nc(-c2ccccc2)c(CN(CC2CC2)C[C@@H](O)CN2CCOCC2)c1Oc1ccc(F)cc1. The Bertz CT molecular complexity index is 1110. The minimum absolute atomic E-state index is 0.303. The summed E-state index contributed by atoms with van der Waals surface area (Å²) in [5, 5.41) is 15.8. The number of hydrogen-bond acceptors (Lipinski definition) is 6. The molecule has 2 aliphatic rings. The number of hydrogen-bond donors (Lipinski definition) is 1. The van der Waals surface area contributed by atoms with Crippen LogP contribution in [0.5, 0.6) is 11.6 Å². The molecule has 8 heteroatoms. The number of benzene rings is 2. The van der Waals surface area contributed by atoms with Crippen molar-refractivity contribution in [3.05, 3.63) is 66.0 Å². The molecule has 2 fully saturated rings. The molecular weight excluding hydrogens is 459 g/mol. The molecule has 1 saturated heterocycles. The van der Waals surface area contributed by atoms with Gasteiger partial charge < -0.3 is 14.6 Å². The number of aryl methyl sites for hydroxylation is 1. The van der Waals surface area contributed by atoms with Crippen LogP contribution in [-0.4, -0.2) is 76.7 Å². The van der Waals surface area contributed by atoms with Crippen LogP contribution in [0.15, 0.2) is 54.6 Å². The van der Waals surface area contributed by atoms with Crippen molar-refractivity contribution in [2.45, 2.75) is 25.5 Å². The van der Waals surface area contributed by atoms with Gasteiger partial charge in [0.05, 0.1) is 24.9 Å². The van der Waals surface area contributed by atoms with Crippen LogP contribution in [0.25, 0.3) is 11.3 Å². The van der Waals surface area contributed by atoms with Crippen LogP contribution in [0.2, 0.25) is 0 Å². The normalized spacial score (nSPS) is 17.4. The Morgan fingerprint density at radius 3 is 2.53 bits per heavy atom. The van der Waals surface area contributed by atoms with Crippen LogP contribution in [0.1, 0.15) is 18.4 Å². The number of morpholine rings is 1. The molecule has 0 amide bonds. The van der Waals surface area contributed by atoms with Crippen molar-refractivity contribution in [3.8, 4) is 22.9 Å². The molecule has 0 unspecified atom stereocenters. The second kappa shape index (κ2) is 11.5. The lowest BCUT2D eigenvalue weighted by Crippen LogP contribution is -2.44. The lowest BCUT2D eigenvalue weighted by Gasteiger charge is -2.31. The van der Waals surface area contributed by atoms with Gasteiger partial charge in [-0.25, -0.2) is 9.07 Å². The van der Waals surface area contributed by atoms with E-state index in [4.69, 9.17) is 14.6 Å². The Hall–Kier alpha value is -2.78. The zero-order valence-corrected chi connectivity index (χ0v) is 20.9. The summed E-state index contributed by atoms with van der Waals surface area (Å²) in [7, 11) is 1.87. The summed E-state index contributed by atoms with van der Waals surface area (Å²) in [6, 6.07) is 16.1. The van der Waals surface area contributed by atoms with E-state index in [1.165, 1.54) is 25.0 Å². The average Bonchev–Trinajstić information content (AvgIpc) is 3.65. The van der Waals surface area contributed by atoms with Gasteiger partial charge in [0.25, 0.3) is 0 Å². The van der Waals surface area contributed by atoms with Gasteiger partial charge in [-0.1, -0.05) is 30.3 Å². The molecule has 2 heterocycles. The lowest BCUT2D eigenvalue weighted by molar-refractivity contribution is 0.00587. The standard InChI is InChI=1S/C28H35FN4O3/c1-31-28(36-25-11-9-23(29)10-12-25)26(27(30-31)22-5-3-2-4-6-22)20-33(17-21-7-8-21)19-24(34)18-32-13-15-35-16-14-32/h2-6,9-12,21,24,34H,7-8,13-20H2,1H3/t24-/m0/s1. The highest BCUT2D eigenvalue weighted by Gasteiger charge is 2.29. The van der Waals surface area contributed by atoms with E-state index < -0.39 is 6.10 Å². The van der Waals surface area contributed by atoms with Crippen molar-refractivity contribution in [1.29, 1.82) is 0 Å². The van der Waals surface area contributed by atoms with Crippen LogP contribution in [0.4, 0.5) is 4.39 Å². The zero-order chi connectivity index (χ0) is 24.9. The monoisotopic (exact) mass is 494 g/mol. The summed E-state index contributed by atoms with van der Waals surface area (Å²) >= 11 is 0. The molecule has 1 aliphatic heterocycles. The summed E-state index contributed by atoms with van der Waals surface area (Å²) in [6.07, 6.45) is 2.00. The third-order valence-corrected chi connectivity index (χ3v) is 6.80. The first-order valence-corrected chi connectivity index (χ1v) is 12.8. The molecule has 36 heavy (non-hydrogen) atoms. The van der Waals surface area contributed by atoms with Gasteiger partial charge in [0.15, 0.2) is 0 Å². The van der Waals surface area contributed by atoms with E-state index in [-0.39, 0.29) is 5.82 Å². The van der Waals surface area contributed by atoms with Crippen LogP contribution in [-0.2, 0) is 18.3 Å². The number of halogens is 1. The molecule has 1 aromatic heterocycles. The summed E-state index contributed by atoms with van der Waals surface area (Å²) in [6.45, 7) is 5.91. The van der Waals surface area contributed by atoms with Gasteiger partial charge in [-0.3, -0.25) is 9.80 Å². The fourth-order valence-corrected chi connectivity index (χ4v) is 4.80. The summed E-state index contributed by atoms with van der Waals surface area (Å²) < 4.78 is 27.0. The van der Waals surface area contributed by atoms with Crippen molar-refractivity contribution in [3.63, 3.8) is 0 Å². The molecule has 1 aliphatic carbocycles. The fourth-order valence-electron chi connectivity index (χ4n) is 4.80. The Morgan fingerprint density at radius 1 is 1.11 bits per heavy atom. The van der Waals surface area contributed by atoms with Crippen molar-refractivity contribution in [2.75, 3.05) is 45.9 Å². The van der Waals surface area contributed by atoms with Gasteiger partial charge in [-0.05, 0) is 43.0 Å². The molecule has 1 atom stereocenters. The van der Waals surface area contributed by atoms with E-state index in [0.29, 0.717) is 37.2 Å². The molecule has 0 spiro atoms. The quantitative estimate of drug-likeness (QED) is 0.436. The number of aliphatic hydroxyl groups is 1. The maximum absolute atomic E-state index is 13.5. The van der Waals surface area contributed by atoms with Gasteiger partial charge in [0.2, 0.25) is 5.88 Å². The van der Waals surface area contributed by atoms with E-state index in [0.717, 1.165) is 49.7 Å². The number of aliphatic hydroxyl groups excluding tert-OH is 1. The van der Waals surface area contributed by atoms with E-state index in [1.807, 2.05) is 37.4 Å². The third-order valence-electron chi connectivity index (χ3n) is 6.80. The lowest BCUT2D eigenvalue weighted by atomic mass is 10.1. The maximum Gasteiger partial charge on any atom is 0.222 e. The van der Waals surface area contributed by atoms with Crippen LogP contribution in [0.3, 0.4) is 0 Å². The van der Waals surface area contributed by atoms with Crippen LogP contribution < -0.4 is 4.74 Å². The van der Waals surface area contributed by atoms with Gasteiger partial charge in [-0.2, -0.15) is 5.10 Å². The van der Waals surface area contributed by atoms with Crippen molar-refractivity contribution < 1.29 is 19.0 Å². The Balaban J connectivity index is 1.41. The second-order valence-electron chi connectivity index (χ2n) is 9.88. The fraction of sp³-hybridized carbons (Fsp3) is 0.464. The number of rotatable bonds is 11. The number of β-amino-alcohol motifs (C(OH)–C–C–N with tert-alkyl or cyclic N) is 1. The van der Waals surface area contributed by atoms with Crippen molar-refractivity contribution in [2.24, 2.45) is 13.0 Å². The summed E-state index contributed by atoms with van der Waals surface area (Å²) in [5.41, 5.74) is 2.84. The first-order valence-electron chi connectivity index (χ1n) is 12.8. The Kier molecular flexibility index (Phi) is 7.96. The van der Waals surface area contributed by atoms with E-state index >= 15 is 0 Å². The Labute approximate surface area is 212 Å². The van der Waals surface area contributed by atoms with E-state index in [1.54, 1.807) is 16.8 Å². The molecule has 7 nitrogen and oxygen atoms in total. The third kappa shape index (κ3) is 6.50. The van der Waals surface area contributed by atoms with Gasteiger partial charge >= 0.3 is 0 Å². The van der Waals surface area contributed by atoms with Gasteiger partial charge in [0, 0.05) is 51.9 Å². The van der Waals surface area contributed by atoms with Crippen molar-refractivity contribution >= 4 is 0 Å². The molecular formula is C28H35FN4O3. The molecule has 1 N–H and O–H groups in total. The highest BCUT2D eigenvalue weighted by molar-refractivity contribution is 5.65. The summed E-state index contributed by atoms with van der Waals surface area (Å²) in [5.74, 6) is 1.55. The largest absolute Gasteiger partial charge is 0.439 e. The highest BCUT2D eigenvalue weighted by Crippen LogP contribution is 2.36. The molecule has 2 aromatic carbocycles. The molecule has 0 bridgehead atoms. The van der Waals surface area contributed by atoms with Gasteiger partial charge in [0.1, 0.15) is 17.3 Å². The topological polar surface area (TPSA) is 63.0 Å². The van der Waals surface area contributed by atoms with E-state index in [9.17, 15) is 9.50 Å². The van der Waals surface area contributed by atoms with E-state index in [2.05, 4.69) is 9.80 Å². The first-order chi connectivity index (χ1) is 17.5. The predicted molar refractivity (Wildman–Crippen MR) is 136 cm³/mol. The minimum atomic E-state index is -0.458. The van der Waals surface area contributed by atoms with Crippen molar-refractivity contribution in [1.82, 2.24) is 19.6 Å². The molecule has 3 aromatic rings.